The molecule has 0 aliphatic heterocycles. The van der Waals surface area contributed by atoms with E-state index in [2.05, 4.69) is 5.32 Å². The van der Waals surface area contributed by atoms with Gasteiger partial charge in [0.25, 0.3) is 0 Å². The number of halogens is 3. The lowest BCUT2D eigenvalue weighted by molar-refractivity contribution is -0.183. The Bertz CT molecular complexity index is 246. The molecule has 0 radical (unpaired) electrons. The molecule has 1 N–H and O–H groups in total. The number of hydrogen-bond donors (Lipinski definition) is 1. The predicted octanol–water partition coefficient (Wildman–Crippen LogP) is 4.28. The number of rotatable bonds is 4. The van der Waals surface area contributed by atoms with Gasteiger partial charge >= 0.3 is 6.18 Å². The largest absolute Gasteiger partial charge is 0.391 e. The molecular weight excluding hydrogens is 239 g/mol. The molecule has 2 rings (SSSR count). The van der Waals surface area contributed by atoms with E-state index in [1.165, 1.54) is 25.7 Å². The lowest BCUT2D eigenvalue weighted by Gasteiger charge is -2.31. The molecule has 0 aromatic heterocycles. The van der Waals surface area contributed by atoms with Crippen molar-refractivity contribution in [1.29, 1.82) is 0 Å². The third kappa shape index (κ3) is 4.15. The first-order valence-electron chi connectivity index (χ1n) is 7.36. The number of alkyl halides is 3. The fourth-order valence-corrected chi connectivity index (χ4v) is 3.46. The van der Waals surface area contributed by atoms with Crippen LogP contribution in [-0.2, 0) is 0 Å². The maximum atomic E-state index is 12.7. The quantitative estimate of drug-likeness (QED) is 0.798. The van der Waals surface area contributed by atoms with Crippen molar-refractivity contribution in [3.05, 3.63) is 0 Å². The van der Waals surface area contributed by atoms with E-state index in [-0.39, 0.29) is 12.5 Å². The maximum Gasteiger partial charge on any atom is 0.391 e. The van der Waals surface area contributed by atoms with Gasteiger partial charge in [-0.05, 0) is 38.1 Å². The molecule has 2 saturated carbocycles. The highest BCUT2D eigenvalue weighted by atomic mass is 19.4. The smallest absolute Gasteiger partial charge is 0.314 e. The summed E-state index contributed by atoms with van der Waals surface area (Å²) in [6.07, 6.45) is 4.70. The highest BCUT2D eigenvalue weighted by Gasteiger charge is 2.41. The van der Waals surface area contributed by atoms with Gasteiger partial charge in [-0.15, -0.1) is 0 Å². The molecule has 0 aromatic rings. The topological polar surface area (TPSA) is 12.0 Å². The third-order valence-corrected chi connectivity index (χ3v) is 4.60. The summed E-state index contributed by atoms with van der Waals surface area (Å²) in [5.74, 6) is -0.255. The number of nitrogens with one attached hydrogen (secondary N) is 1. The Balaban J connectivity index is 1.66. The minimum atomic E-state index is -3.99. The van der Waals surface area contributed by atoms with E-state index in [9.17, 15) is 13.2 Å². The van der Waals surface area contributed by atoms with Crippen LogP contribution in [-0.4, -0.2) is 18.8 Å². The molecule has 2 unspecified atom stereocenters. The van der Waals surface area contributed by atoms with Gasteiger partial charge in [0.15, 0.2) is 0 Å². The molecule has 18 heavy (non-hydrogen) atoms. The fourth-order valence-electron chi connectivity index (χ4n) is 3.46. The zero-order chi connectivity index (χ0) is 13.0. The van der Waals surface area contributed by atoms with Crippen LogP contribution in [0.5, 0.6) is 0 Å². The Hall–Kier alpha value is -0.250. The minimum absolute atomic E-state index is 0.0896. The summed E-state index contributed by atoms with van der Waals surface area (Å²) in [4.78, 5) is 0. The van der Waals surface area contributed by atoms with Crippen LogP contribution in [0.3, 0.4) is 0 Å². The van der Waals surface area contributed by atoms with Gasteiger partial charge in [0.1, 0.15) is 0 Å². The predicted molar refractivity (Wildman–Crippen MR) is 66.4 cm³/mol. The van der Waals surface area contributed by atoms with Gasteiger partial charge in [-0.3, -0.25) is 0 Å². The molecule has 2 atom stereocenters. The minimum Gasteiger partial charge on any atom is -0.314 e. The summed E-state index contributed by atoms with van der Waals surface area (Å²) >= 11 is 0. The first-order chi connectivity index (χ1) is 8.55. The maximum absolute atomic E-state index is 12.7. The second kappa shape index (κ2) is 6.27. The average molecular weight is 263 g/mol. The molecular formula is C14H24F3N. The monoisotopic (exact) mass is 263 g/mol. The summed E-state index contributed by atoms with van der Waals surface area (Å²) in [6, 6.07) is 0.0896. The molecule has 106 valence electrons. The molecule has 2 aliphatic carbocycles. The molecule has 2 fully saturated rings. The van der Waals surface area contributed by atoms with E-state index in [1.807, 2.05) is 0 Å². The zero-order valence-corrected chi connectivity index (χ0v) is 10.9. The zero-order valence-electron chi connectivity index (χ0n) is 10.9. The molecule has 0 spiro atoms. The van der Waals surface area contributed by atoms with Gasteiger partial charge in [0.05, 0.1) is 5.92 Å². The van der Waals surface area contributed by atoms with E-state index >= 15 is 0 Å². The lowest BCUT2D eigenvalue weighted by Crippen LogP contribution is -2.39. The van der Waals surface area contributed by atoms with Crippen molar-refractivity contribution in [2.75, 3.05) is 6.54 Å². The molecule has 1 nitrogen and oxygen atoms in total. The fraction of sp³-hybridized carbons (Fsp3) is 1.00. The molecule has 2 aliphatic rings. The first kappa shape index (κ1) is 14.2. The molecule has 0 heterocycles. The van der Waals surface area contributed by atoms with Crippen molar-refractivity contribution in [2.24, 2.45) is 11.8 Å². The van der Waals surface area contributed by atoms with Gasteiger partial charge in [-0.2, -0.15) is 13.2 Å². The second-order valence-electron chi connectivity index (χ2n) is 6.00. The highest BCUT2D eigenvalue weighted by Crippen LogP contribution is 2.37. The summed E-state index contributed by atoms with van der Waals surface area (Å²) in [5, 5.41) is 3.35. The highest BCUT2D eigenvalue weighted by molar-refractivity contribution is 4.82. The summed E-state index contributed by atoms with van der Waals surface area (Å²) in [6.45, 7) is 0.903. The molecule has 0 amide bonds. The van der Waals surface area contributed by atoms with E-state index in [1.54, 1.807) is 0 Å². The van der Waals surface area contributed by atoms with Crippen molar-refractivity contribution in [3.8, 4) is 0 Å². The van der Waals surface area contributed by atoms with Gasteiger partial charge in [0, 0.05) is 6.04 Å². The Morgan fingerprint density at radius 2 is 1.67 bits per heavy atom. The van der Waals surface area contributed by atoms with E-state index in [0.29, 0.717) is 12.8 Å². The van der Waals surface area contributed by atoms with Crippen LogP contribution in [0.25, 0.3) is 0 Å². The Morgan fingerprint density at radius 1 is 0.944 bits per heavy atom. The van der Waals surface area contributed by atoms with Crippen molar-refractivity contribution >= 4 is 0 Å². The number of hydrogen-bond acceptors (Lipinski definition) is 1. The standard InChI is InChI=1S/C14H24F3N/c15-14(16,17)12-6-3-7-13(10-12)18-9-8-11-4-1-2-5-11/h11-13,18H,1-10H2. The van der Waals surface area contributed by atoms with Gasteiger partial charge in [0.2, 0.25) is 0 Å². The van der Waals surface area contributed by atoms with Crippen molar-refractivity contribution < 1.29 is 13.2 Å². The van der Waals surface area contributed by atoms with Gasteiger partial charge in [-0.25, -0.2) is 0 Å². The van der Waals surface area contributed by atoms with Crippen molar-refractivity contribution in [1.82, 2.24) is 5.32 Å². The van der Waals surface area contributed by atoms with Gasteiger partial charge in [-0.1, -0.05) is 32.1 Å². The molecule has 0 saturated heterocycles. The Morgan fingerprint density at radius 3 is 2.33 bits per heavy atom. The van der Waals surface area contributed by atoms with Crippen LogP contribution in [0.4, 0.5) is 13.2 Å². The Labute approximate surface area is 108 Å². The van der Waals surface area contributed by atoms with Crippen LogP contribution < -0.4 is 5.32 Å². The summed E-state index contributed by atoms with van der Waals surface area (Å²) < 4.78 is 38.0. The van der Waals surface area contributed by atoms with E-state index < -0.39 is 12.1 Å². The van der Waals surface area contributed by atoms with E-state index in [0.717, 1.165) is 25.3 Å². The van der Waals surface area contributed by atoms with Crippen LogP contribution in [0.1, 0.15) is 57.8 Å². The molecule has 0 bridgehead atoms. The second-order valence-corrected chi connectivity index (χ2v) is 6.00. The summed E-state index contributed by atoms with van der Waals surface area (Å²) in [5.41, 5.74) is 0. The average Bonchev–Trinajstić information content (AvgIpc) is 2.81. The third-order valence-electron chi connectivity index (χ3n) is 4.60. The van der Waals surface area contributed by atoms with Crippen LogP contribution >= 0.6 is 0 Å². The first-order valence-corrected chi connectivity index (χ1v) is 7.36. The van der Waals surface area contributed by atoms with Gasteiger partial charge < -0.3 is 5.32 Å². The van der Waals surface area contributed by atoms with Crippen molar-refractivity contribution in [2.45, 2.75) is 70.0 Å². The van der Waals surface area contributed by atoms with Crippen LogP contribution in [0, 0.1) is 11.8 Å². The van der Waals surface area contributed by atoms with Crippen molar-refractivity contribution in [3.63, 3.8) is 0 Å². The SMILES string of the molecule is FC(F)(F)C1CCCC(NCCC2CCCC2)C1. The normalized spacial score (nSPS) is 30.8. The summed E-state index contributed by atoms with van der Waals surface area (Å²) in [7, 11) is 0. The molecule has 4 heteroatoms. The van der Waals surface area contributed by atoms with Crippen LogP contribution in [0.2, 0.25) is 0 Å². The van der Waals surface area contributed by atoms with Crippen LogP contribution in [0.15, 0.2) is 0 Å². The molecule has 0 aromatic carbocycles. The Kier molecular flexibility index (Phi) is 4.93. The van der Waals surface area contributed by atoms with E-state index in [4.69, 9.17) is 0 Å². The lowest BCUT2D eigenvalue weighted by atomic mass is 9.85.